The molecule has 0 saturated carbocycles. The first-order valence-corrected chi connectivity index (χ1v) is 10.9. The number of carbonyl (C=O) groups excluding carboxylic acids is 1. The highest BCUT2D eigenvalue weighted by Gasteiger charge is 2.28. The molecule has 8 nitrogen and oxygen atoms in total. The van der Waals surface area contributed by atoms with E-state index in [1.807, 2.05) is 20.8 Å². The topological polar surface area (TPSA) is 120 Å². The molecular weight excluding hydrogens is 378 g/mol. The van der Waals surface area contributed by atoms with Crippen molar-refractivity contribution in [2.75, 3.05) is 0 Å². The average Bonchev–Trinajstić information content (AvgIpc) is 3.08. The van der Waals surface area contributed by atoms with Crippen LogP contribution in [0.4, 0.5) is 0 Å². The number of hydrogen-bond donors (Lipinski definition) is 2. The highest BCUT2D eigenvalue weighted by molar-refractivity contribution is 7.89. The highest BCUT2D eigenvalue weighted by atomic mass is 32.2. The molecule has 0 spiro atoms. The zero-order chi connectivity index (χ0) is 21.1. The maximum Gasteiger partial charge on any atom is 0.245 e. The van der Waals surface area contributed by atoms with Gasteiger partial charge in [0.05, 0.1) is 11.1 Å². The Morgan fingerprint density at radius 1 is 1.14 bits per heavy atom. The number of sulfonamides is 1. The first kappa shape index (κ1) is 22.0. The number of rotatable bonds is 8. The quantitative estimate of drug-likeness (QED) is 0.696. The second-order valence-corrected chi connectivity index (χ2v) is 9.17. The Morgan fingerprint density at radius 2 is 1.75 bits per heavy atom. The molecule has 0 aliphatic carbocycles. The Labute approximate surface area is 166 Å². The normalized spacial score (nSPS) is 14.3. The lowest BCUT2D eigenvalue weighted by atomic mass is 9.99. The summed E-state index contributed by atoms with van der Waals surface area (Å²) in [6.45, 7) is 10.1. The van der Waals surface area contributed by atoms with Gasteiger partial charge in [0.15, 0.2) is 0 Å². The van der Waals surface area contributed by atoms with E-state index in [9.17, 15) is 13.2 Å². The van der Waals surface area contributed by atoms with Crippen LogP contribution in [0, 0.1) is 11.8 Å². The van der Waals surface area contributed by atoms with Crippen molar-refractivity contribution in [3.05, 3.63) is 30.5 Å². The molecule has 28 heavy (non-hydrogen) atoms. The van der Waals surface area contributed by atoms with E-state index >= 15 is 0 Å². The van der Waals surface area contributed by atoms with E-state index in [2.05, 4.69) is 29.5 Å². The van der Waals surface area contributed by atoms with Crippen LogP contribution in [-0.2, 0) is 14.8 Å². The zero-order valence-corrected chi connectivity index (χ0v) is 17.8. The number of primary sulfonamides is 1. The summed E-state index contributed by atoms with van der Waals surface area (Å²) in [7, 11) is -3.75. The molecule has 1 amide bonds. The molecule has 3 N–H and O–H groups in total. The van der Waals surface area contributed by atoms with Gasteiger partial charge in [-0.15, -0.1) is 5.10 Å². The Bertz CT molecular complexity index is 904. The number of benzene rings is 1. The van der Waals surface area contributed by atoms with Gasteiger partial charge in [-0.2, -0.15) is 0 Å². The zero-order valence-electron chi connectivity index (χ0n) is 17.0. The van der Waals surface area contributed by atoms with Gasteiger partial charge in [0, 0.05) is 11.6 Å². The summed E-state index contributed by atoms with van der Waals surface area (Å²) in [5.41, 5.74) is 1.24. The molecule has 0 saturated heterocycles. The molecule has 0 fully saturated rings. The largest absolute Gasteiger partial charge is 0.351 e. The van der Waals surface area contributed by atoms with E-state index in [0.29, 0.717) is 17.2 Å². The number of aromatic nitrogens is 3. The second kappa shape index (κ2) is 8.83. The number of nitrogens with one attached hydrogen (secondary N) is 1. The van der Waals surface area contributed by atoms with Crippen LogP contribution in [0.2, 0.25) is 0 Å². The van der Waals surface area contributed by atoms with Crippen molar-refractivity contribution >= 4 is 15.9 Å². The summed E-state index contributed by atoms with van der Waals surface area (Å²) in [4.78, 5) is 12.9. The molecule has 2 atom stereocenters. The van der Waals surface area contributed by atoms with E-state index in [1.54, 1.807) is 23.0 Å². The van der Waals surface area contributed by atoms with Gasteiger partial charge in [-0.05, 0) is 30.4 Å². The molecule has 2 rings (SSSR count). The third kappa shape index (κ3) is 5.17. The first-order chi connectivity index (χ1) is 13.0. The van der Waals surface area contributed by atoms with Crippen LogP contribution >= 0.6 is 0 Å². The third-order valence-electron chi connectivity index (χ3n) is 4.75. The number of amides is 1. The number of nitrogens with two attached hydrogens (primary N) is 1. The van der Waals surface area contributed by atoms with Crippen LogP contribution in [-0.4, -0.2) is 35.4 Å². The van der Waals surface area contributed by atoms with Gasteiger partial charge in [0.1, 0.15) is 11.7 Å². The van der Waals surface area contributed by atoms with Crippen LogP contribution in [0.15, 0.2) is 35.4 Å². The predicted molar refractivity (Wildman–Crippen MR) is 108 cm³/mol. The van der Waals surface area contributed by atoms with E-state index in [4.69, 9.17) is 5.14 Å². The third-order valence-corrected chi connectivity index (χ3v) is 5.68. The minimum atomic E-state index is -3.75. The summed E-state index contributed by atoms with van der Waals surface area (Å²) in [6, 6.07) is 5.69. The number of nitrogens with zero attached hydrogens (tertiary/aromatic N) is 3. The summed E-state index contributed by atoms with van der Waals surface area (Å²) in [5, 5.41) is 16.5. The molecule has 9 heteroatoms. The lowest BCUT2D eigenvalue weighted by Gasteiger charge is -2.26. The van der Waals surface area contributed by atoms with E-state index in [0.717, 1.165) is 6.42 Å². The smallest absolute Gasteiger partial charge is 0.245 e. The van der Waals surface area contributed by atoms with Crippen molar-refractivity contribution in [3.8, 4) is 11.3 Å². The van der Waals surface area contributed by atoms with E-state index < -0.39 is 16.1 Å². The molecule has 0 radical (unpaired) electrons. The van der Waals surface area contributed by atoms with Crippen molar-refractivity contribution in [2.24, 2.45) is 17.0 Å². The second-order valence-electron chi connectivity index (χ2n) is 7.61. The molecule has 0 bridgehead atoms. The van der Waals surface area contributed by atoms with Crippen molar-refractivity contribution in [3.63, 3.8) is 0 Å². The van der Waals surface area contributed by atoms with Crippen molar-refractivity contribution in [2.45, 2.75) is 58.0 Å². The van der Waals surface area contributed by atoms with Crippen molar-refractivity contribution < 1.29 is 13.2 Å². The van der Waals surface area contributed by atoms with Gasteiger partial charge < -0.3 is 5.32 Å². The minimum absolute atomic E-state index is 0.0176. The molecule has 0 unspecified atom stereocenters. The Morgan fingerprint density at radius 3 is 2.21 bits per heavy atom. The summed E-state index contributed by atoms with van der Waals surface area (Å²) in [5.74, 6) is 0.269. The average molecular weight is 408 g/mol. The molecule has 1 aromatic heterocycles. The van der Waals surface area contributed by atoms with E-state index in [1.165, 1.54) is 12.1 Å². The SMILES string of the molecule is CC[C@@H](NC(=O)[C@H](C(C)C)n1cc(-c2ccc(S(N)(=O)=O)cc2)nn1)C(C)C. The van der Waals surface area contributed by atoms with Gasteiger partial charge in [0.2, 0.25) is 15.9 Å². The fourth-order valence-corrected chi connectivity index (χ4v) is 3.61. The van der Waals surface area contributed by atoms with Crippen molar-refractivity contribution in [1.29, 1.82) is 0 Å². The Kier molecular flexibility index (Phi) is 6.95. The van der Waals surface area contributed by atoms with E-state index in [-0.39, 0.29) is 22.8 Å². The maximum absolute atomic E-state index is 12.9. The van der Waals surface area contributed by atoms with Crippen LogP contribution in [0.5, 0.6) is 0 Å². The van der Waals surface area contributed by atoms with Crippen LogP contribution < -0.4 is 10.5 Å². The fourth-order valence-electron chi connectivity index (χ4n) is 3.10. The standard InChI is InChI=1S/C19H29N5O3S/c1-6-16(12(2)3)21-19(25)18(13(4)5)24-11-17(22-23-24)14-7-9-15(10-8-14)28(20,26)27/h7-13,16,18H,6H2,1-5H3,(H,21,25)(H2,20,26,27)/t16-,18+/m1/s1. The van der Waals surface area contributed by atoms with Gasteiger partial charge in [0.25, 0.3) is 0 Å². The molecule has 154 valence electrons. The molecule has 0 aliphatic rings. The van der Waals surface area contributed by atoms with Crippen LogP contribution in [0.25, 0.3) is 11.3 Å². The van der Waals surface area contributed by atoms with Gasteiger partial charge in [-0.1, -0.05) is 52.0 Å². The molecular formula is C19H29N5O3S. The first-order valence-electron chi connectivity index (χ1n) is 9.40. The maximum atomic E-state index is 12.9. The Balaban J connectivity index is 2.26. The summed E-state index contributed by atoms with van der Waals surface area (Å²) >= 11 is 0. The molecule has 2 aromatic rings. The molecule has 1 aromatic carbocycles. The van der Waals surface area contributed by atoms with Crippen LogP contribution in [0.3, 0.4) is 0 Å². The van der Waals surface area contributed by atoms with Crippen molar-refractivity contribution in [1.82, 2.24) is 20.3 Å². The molecule has 0 aliphatic heterocycles. The molecule has 1 heterocycles. The summed E-state index contributed by atoms with van der Waals surface area (Å²) < 4.78 is 24.3. The highest BCUT2D eigenvalue weighted by Crippen LogP contribution is 2.23. The van der Waals surface area contributed by atoms with Gasteiger partial charge >= 0.3 is 0 Å². The lowest BCUT2D eigenvalue weighted by molar-refractivity contribution is -0.127. The minimum Gasteiger partial charge on any atom is -0.351 e. The Hall–Kier alpha value is -2.26. The lowest BCUT2D eigenvalue weighted by Crippen LogP contribution is -2.43. The fraction of sp³-hybridized carbons (Fsp3) is 0.526. The van der Waals surface area contributed by atoms with Crippen LogP contribution in [0.1, 0.15) is 47.1 Å². The van der Waals surface area contributed by atoms with Gasteiger partial charge in [-0.3, -0.25) is 4.79 Å². The van der Waals surface area contributed by atoms with Gasteiger partial charge in [-0.25, -0.2) is 18.2 Å². The number of carbonyl (C=O) groups is 1. The predicted octanol–water partition coefficient (Wildman–Crippen LogP) is 2.34. The summed E-state index contributed by atoms with van der Waals surface area (Å²) in [6.07, 6.45) is 2.56. The monoisotopic (exact) mass is 407 g/mol. The number of hydrogen-bond acceptors (Lipinski definition) is 5.